The lowest BCUT2D eigenvalue weighted by Crippen LogP contribution is -1.89. The summed E-state index contributed by atoms with van der Waals surface area (Å²) in [4.78, 5) is 4.18. The summed E-state index contributed by atoms with van der Waals surface area (Å²) in [5, 5.41) is 0. The van der Waals surface area contributed by atoms with E-state index in [1.54, 1.807) is 6.07 Å². The summed E-state index contributed by atoms with van der Waals surface area (Å²) in [5.74, 6) is -0.185. The molecular formula is C8H5FIN. The summed E-state index contributed by atoms with van der Waals surface area (Å²) >= 11 is 2.12. The maximum absolute atomic E-state index is 12.7. The highest BCUT2D eigenvalue weighted by Crippen LogP contribution is 2.22. The van der Waals surface area contributed by atoms with Crippen LogP contribution in [-0.4, -0.2) is 3.72 Å². The van der Waals surface area contributed by atoms with Crippen LogP contribution in [0.3, 0.4) is 0 Å². The maximum Gasteiger partial charge on any atom is 0.123 e. The van der Waals surface area contributed by atoms with Crippen LogP contribution in [0.4, 0.5) is 4.39 Å². The minimum Gasteiger partial charge on any atom is -0.273 e. The molecule has 0 aliphatic carbocycles. The number of nitrogens with zero attached hydrogens (tertiary/aromatic N) is 1. The molecule has 0 N–H and O–H groups in total. The van der Waals surface area contributed by atoms with Gasteiger partial charge in [0.05, 0.1) is 6.54 Å². The second kappa shape index (κ2) is 2.55. The summed E-state index contributed by atoms with van der Waals surface area (Å²) in [6, 6.07) is 4.80. The van der Waals surface area contributed by atoms with Crippen molar-refractivity contribution in [1.29, 1.82) is 0 Å². The van der Waals surface area contributed by atoms with Gasteiger partial charge in [0.25, 0.3) is 0 Å². The molecular weight excluding hydrogens is 256 g/mol. The van der Waals surface area contributed by atoms with E-state index in [-0.39, 0.29) is 5.82 Å². The van der Waals surface area contributed by atoms with Gasteiger partial charge >= 0.3 is 0 Å². The Labute approximate surface area is 77.5 Å². The van der Waals surface area contributed by atoms with Gasteiger partial charge in [-0.1, -0.05) is 6.07 Å². The lowest BCUT2D eigenvalue weighted by molar-refractivity contribution is 0.627. The van der Waals surface area contributed by atoms with E-state index >= 15 is 0 Å². The van der Waals surface area contributed by atoms with E-state index in [2.05, 4.69) is 27.6 Å². The Morgan fingerprint density at radius 1 is 1.45 bits per heavy atom. The highest BCUT2D eigenvalue weighted by atomic mass is 127. The minimum absolute atomic E-state index is 0.185. The molecule has 1 aromatic carbocycles. The normalized spacial score (nSPS) is 14.5. The molecule has 1 aliphatic rings. The second-order valence-corrected chi connectivity index (χ2v) is 3.43. The van der Waals surface area contributed by atoms with E-state index in [1.807, 2.05) is 0 Å². The Morgan fingerprint density at radius 2 is 2.27 bits per heavy atom. The molecule has 0 amide bonds. The van der Waals surface area contributed by atoms with E-state index in [9.17, 15) is 4.39 Å². The van der Waals surface area contributed by atoms with E-state index in [4.69, 9.17) is 0 Å². The molecule has 1 heterocycles. The van der Waals surface area contributed by atoms with Crippen molar-refractivity contribution in [3.8, 4) is 0 Å². The molecule has 3 heteroatoms. The van der Waals surface area contributed by atoms with Crippen molar-refractivity contribution in [2.75, 3.05) is 0 Å². The molecule has 1 aromatic rings. The van der Waals surface area contributed by atoms with E-state index in [0.29, 0.717) is 6.54 Å². The van der Waals surface area contributed by atoms with Crippen molar-refractivity contribution in [2.45, 2.75) is 6.54 Å². The van der Waals surface area contributed by atoms with Crippen LogP contribution in [0.25, 0.3) is 0 Å². The van der Waals surface area contributed by atoms with Gasteiger partial charge in [-0.2, -0.15) is 0 Å². The van der Waals surface area contributed by atoms with Crippen molar-refractivity contribution in [1.82, 2.24) is 0 Å². The fourth-order valence-electron chi connectivity index (χ4n) is 1.12. The molecule has 0 unspecified atom stereocenters. The monoisotopic (exact) mass is 261 g/mol. The Hall–Kier alpha value is -0.450. The molecule has 0 aromatic heterocycles. The van der Waals surface area contributed by atoms with Crippen LogP contribution in [0.5, 0.6) is 0 Å². The van der Waals surface area contributed by atoms with Crippen LogP contribution in [0.2, 0.25) is 0 Å². The molecule has 56 valence electrons. The van der Waals surface area contributed by atoms with Crippen molar-refractivity contribution in [3.05, 3.63) is 35.1 Å². The van der Waals surface area contributed by atoms with Crippen molar-refractivity contribution in [2.24, 2.45) is 4.99 Å². The zero-order valence-electron chi connectivity index (χ0n) is 5.64. The molecule has 0 radical (unpaired) electrons. The first kappa shape index (κ1) is 7.21. The number of aliphatic imine (C=N–C) groups is 1. The third-order valence-electron chi connectivity index (χ3n) is 1.68. The van der Waals surface area contributed by atoms with Gasteiger partial charge in [0.1, 0.15) is 9.54 Å². The molecule has 0 fully saturated rings. The van der Waals surface area contributed by atoms with Gasteiger partial charge in [-0.25, -0.2) is 4.39 Å². The predicted octanol–water partition coefficient (Wildman–Crippen LogP) is 2.52. The standard InChI is InChI=1S/C8H5FIN/c9-6-2-1-5-4-11-8(10)7(5)3-6/h1-3H,4H2. The van der Waals surface area contributed by atoms with Crippen LogP contribution in [0.15, 0.2) is 23.2 Å². The molecule has 0 spiro atoms. The molecule has 0 saturated heterocycles. The largest absolute Gasteiger partial charge is 0.273 e. The molecule has 1 nitrogen and oxygen atoms in total. The first-order chi connectivity index (χ1) is 5.27. The molecule has 11 heavy (non-hydrogen) atoms. The summed E-state index contributed by atoms with van der Waals surface area (Å²) in [6.45, 7) is 0.702. The van der Waals surface area contributed by atoms with Gasteiger partial charge in [-0.15, -0.1) is 0 Å². The van der Waals surface area contributed by atoms with Crippen LogP contribution < -0.4 is 0 Å². The minimum atomic E-state index is -0.185. The Bertz CT molecular complexity index is 333. The van der Waals surface area contributed by atoms with Crippen LogP contribution in [0.1, 0.15) is 11.1 Å². The van der Waals surface area contributed by atoms with E-state index in [0.717, 1.165) is 14.8 Å². The lowest BCUT2D eigenvalue weighted by Gasteiger charge is -1.96. The summed E-state index contributed by atoms with van der Waals surface area (Å²) in [7, 11) is 0. The van der Waals surface area contributed by atoms with Gasteiger partial charge < -0.3 is 0 Å². The Balaban J connectivity index is 2.60. The molecule has 2 rings (SSSR count). The first-order valence-electron chi connectivity index (χ1n) is 3.26. The quantitative estimate of drug-likeness (QED) is 0.636. The third-order valence-corrected chi connectivity index (χ3v) is 2.60. The number of fused-ring (bicyclic) bond motifs is 1. The zero-order valence-corrected chi connectivity index (χ0v) is 7.80. The van der Waals surface area contributed by atoms with E-state index < -0.39 is 0 Å². The van der Waals surface area contributed by atoms with Crippen molar-refractivity contribution in [3.63, 3.8) is 0 Å². The van der Waals surface area contributed by atoms with Gasteiger partial charge in [0, 0.05) is 5.56 Å². The maximum atomic E-state index is 12.7. The van der Waals surface area contributed by atoms with Gasteiger partial charge in [0.15, 0.2) is 0 Å². The van der Waals surface area contributed by atoms with Crippen LogP contribution in [-0.2, 0) is 6.54 Å². The Kier molecular flexibility index (Phi) is 1.67. The predicted molar refractivity (Wildman–Crippen MR) is 50.7 cm³/mol. The lowest BCUT2D eigenvalue weighted by atomic mass is 10.1. The fourth-order valence-corrected chi connectivity index (χ4v) is 1.79. The summed E-state index contributed by atoms with van der Waals surface area (Å²) < 4.78 is 13.6. The number of benzene rings is 1. The Morgan fingerprint density at radius 3 is 3.09 bits per heavy atom. The summed E-state index contributed by atoms with van der Waals surface area (Å²) in [5.41, 5.74) is 2.07. The fraction of sp³-hybridized carbons (Fsp3) is 0.125. The van der Waals surface area contributed by atoms with Gasteiger partial charge in [-0.3, -0.25) is 4.99 Å². The van der Waals surface area contributed by atoms with E-state index in [1.165, 1.54) is 12.1 Å². The average molecular weight is 261 g/mol. The number of hydrogen-bond donors (Lipinski definition) is 0. The van der Waals surface area contributed by atoms with Crippen LogP contribution in [0, 0.1) is 5.82 Å². The number of hydrogen-bond acceptors (Lipinski definition) is 1. The van der Waals surface area contributed by atoms with Gasteiger partial charge in [0.2, 0.25) is 0 Å². The van der Waals surface area contributed by atoms with Crippen molar-refractivity contribution < 1.29 is 4.39 Å². The zero-order chi connectivity index (χ0) is 7.84. The third kappa shape index (κ3) is 1.17. The van der Waals surface area contributed by atoms with Gasteiger partial charge in [-0.05, 0) is 40.3 Å². The number of rotatable bonds is 0. The van der Waals surface area contributed by atoms with Crippen molar-refractivity contribution >= 4 is 26.3 Å². The smallest absolute Gasteiger partial charge is 0.123 e. The molecule has 0 bridgehead atoms. The highest BCUT2D eigenvalue weighted by Gasteiger charge is 2.12. The topological polar surface area (TPSA) is 12.4 Å². The van der Waals surface area contributed by atoms with Crippen LogP contribution >= 0.6 is 22.6 Å². The molecule has 0 saturated carbocycles. The SMILES string of the molecule is Fc1ccc2c(c1)C(I)=NC2. The summed E-state index contributed by atoms with van der Waals surface area (Å²) in [6.07, 6.45) is 0. The first-order valence-corrected chi connectivity index (χ1v) is 4.34. The highest BCUT2D eigenvalue weighted by molar-refractivity contribution is 14.1. The molecule has 1 aliphatic heterocycles. The molecule has 0 atom stereocenters. The second-order valence-electron chi connectivity index (χ2n) is 2.41. The number of halogens is 2. The average Bonchev–Trinajstić information content (AvgIpc) is 2.33.